The van der Waals surface area contributed by atoms with Crippen molar-refractivity contribution in [3.63, 3.8) is 0 Å². The smallest absolute Gasteiger partial charge is 0.277 e. The van der Waals surface area contributed by atoms with Crippen LogP contribution in [0.1, 0.15) is 19.5 Å². The number of benzene rings is 1. The third-order valence-electron chi connectivity index (χ3n) is 3.37. The Bertz CT molecular complexity index is 859. The lowest BCUT2D eigenvalue weighted by atomic mass is 10.3. The summed E-state index contributed by atoms with van der Waals surface area (Å²) in [6.45, 7) is 5.36. The van der Waals surface area contributed by atoms with Gasteiger partial charge in [0.1, 0.15) is 0 Å². The number of ether oxygens (including phenoxy) is 2. The zero-order valence-electron chi connectivity index (χ0n) is 14.0. The average molecular weight is 345 g/mol. The van der Waals surface area contributed by atoms with Crippen molar-refractivity contribution < 1.29 is 18.3 Å². The molecule has 0 aliphatic heterocycles. The number of rotatable bonds is 5. The minimum atomic E-state index is -0.805. The number of para-hydroxylation sites is 1. The Morgan fingerprint density at radius 3 is 2.32 bits per heavy atom. The van der Waals surface area contributed by atoms with E-state index < -0.39 is 17.4 Å². The van der Waals surface area contributed by atoms with Gasteiger partial charge in [0.05, 0.1) is 11.8 Å². The minimum absolute atomic E-state index is 0.140. The van der Waals surface area contributed by atoms with Gasteiger partial charge in [0.2, 0.25) is 5.75 Å². The maximum atomic E-state index is 13.9. The van der Waals surface area contributed by atoms with E-state index in [0.717, 1.165) is 12.1 Å². The number of pyridine rings is 1. The van der Waals surface area contributed by atoms with Gasteiger partial charge >= 0.3 is 0 Å². The summed E-state index contributed by atoms with van der Waals surface area (Å²) in [5, 5.41) is 4.34. The molecule has 0 atom stereocenters. The molecule has 0 fully saturated rings. The summed E-state index contributed by atoms with van der Waals surface area (Å²) in [4.78, 5) is 4.23. The maximum Gasteiger partial charge on any atom is 0.277 e. The topological polar surface area (TPSA) is 49.2 Å². The van der Waals surface area contributed by atoms with Gasteiger partial charge in [-0.3, -0.25) is 0 Å². The van der Waals surface area contributed by atoms with E-state index in [1.54, 1.807) is 25.3 Å². The molecular weight excluding hydrogens is 328 g/mol. The Kier molecular flexibility index (Phi) is 4.65. The molecule has 0 spiro atoms. The van der Waals surface area contributed by atoms with Gasteiger partial charge in [-0.15, -0.1) is 5.10 Å². The first kappa shape index (κ1) is 16.9. The van der Waals surface area contributed by atoms with Crippen LogP contribution in [-0.4, -0.2) is 20.9 Å². The molecule has 25 heavy (non-hydrogen) atoms. The highest BCUT2D eigenvalue weighted by Gasteiger charge is 2.23. The number of hydrogen-bond donors (Lipinski definition) is 0. The Morgan fingerprint density at radius 2 is 1.72 bits per heavy atom. The first-order chi connectivity index (χ1) is 12.0. The summed E-state index contributed by atoms with van der Waals surface area (Å²) in [5.74, 6) is -1.29. The van der Waals surface area contributed by atoms with Crippen LogP contribution < -0.4 is 9.47 Å². The van der Waals surface area contributed by atoms with Crippen molar-refractivity contribution in [3.05, 3.63) is 59.9 Å². The van der Waals surface area contributed by atoms with Crippen molar-refractivity contribution in [1.29, 1.82) is 0 Å². The third kappa shape index (κ3) is 3.45. The summed E-state index contributed by atoms with van der Waals surface area (Å²) < 4.78 is 40.6. The summed E-state index contributed by atoms with van der Waals surface area (Å²) >= 11 is 0. The molecule has 130 valence electrons. The van der Waals surface area contributed by atoms with Crippen LogP contribution in [-0.2, 0) is 0 Å². The first-order valence-corrected chi connectivity index (χ1v) is 7.77. The second-order valence-corrected chi connectivity index (χ2v) is 5.64. The van der Waals surface area contributed by atoms with E-state index in [9.17, 15) is 8.78 Å². The van der Waals surface area contributed by atoms with Gasteiger partial charge in [-0.1, -0.05) is 12.1 Å². The van der Waals surface area contributed by atoms with Gasteiger partial charge in [0.25, 0.3) is 5.88 Å². The lowest BCUT2D eigenvalue weighted by molar-refractivity contribution is 0.222. The highest BCUT2D eigenvalue weighted by molar-refractivity contribution is 5.45. The van der Waals surface area contributed by atoms with Gasteiger partial charge in [0, 0.05) is 6.20 Å². The molecule has 0 unspecified atom stereocenters. The fourth-order valence-corrected chi connectivity index (χ4v) is 2.26. The molecule has 7 heteroatoms. The Balaban J connectivity index is 2.09. The van der Waals surface area contributed by atoms with E-state index in [1.807, 2.05) is 19.9 Å². The van der Waals surface area contributed by atoms with Crippen molar-refractivity contribution in [2.75, 3.05) is 0 Å². The van der Waals surface area contributed by atoms with Crippen LogP contribution in [0.15, 0.2) is 42.6 Å². The van der Waals surface area contributed by atoms with Gasteiger partial charge in [0.15, 0.2) is 23.2 Å². The first-order valence-electron chi connectivity index (χ1n) is 7.77. The molecule has 0 N–H and O–H groups in total. The lowest BCUT2D eigenvalue weighted by Gasteiger charge is -2.11. The van der Waals surface area contributed by atoms with Crippen LogP contribution >= 0.6 is 0 Å². The molecule has 5 nitrogen and oxygen atoms in total. The van der Waals surface area contributed by atoms with Crippen molar-refractivity contribution >= 4 is 0 Å². The van der Waals surface area contributed by atoms with Crippen molar-refractivity contribution in [2.24, 2.45) is 0 Å². The second kappa shape index (κ2) is 6.88. The highest BCUT2D eigenvalue weighted by atomic mass is 19.1. The Labute approximate surface area is 143 Å². The fourth-order valence-electron chi connectivity index (χ4n) is 2.26. The van der Waals surface area contributed by atoms with Crippen LogP contribution in [0, 0.1) is 18.6 Å². The molecule has 2 aromatic heterocycles. The van der Waals surface area contributed by atoms with E-state index in [-0.39, 0.29) is 17.7 Å². The minimum Gasteiger partial charge on any atom is -0.471 e. The molecule has 2 heterocycles. The number of hydrogen-bond acceptors (Lipinski definition) is 4. The zero-order chi connectivity index (χ0) is 18.0. The molecule has 0 aliphatic carbocycles. The number of aromatic nitrogens is 3. The SMILES string of the molecule is Cc1c(Oc2c(F)cccc2F)c(OC(C)C)nn1-c1ccccn1. The summed E-state index contributed by atoms with van der Waals surface area (Å²) in [6.07, 6.45) is 1.43. The van der Waals surface area contributed by atoms with Crippen molar-refractivity contribution in [1.82, 2.24) is 14.8 Å². The van der Waals surface area contributed by atoms with Gasteiger partial charge in [-0.2, -0.15) is 0 Å². The average Bonchev–Trinajstić information content (AvgIpc) is 2.87. The summed E-state index contributed by atoms with van der Waals surface area (Å²) in [6, 6.07) is 8.86. The molecular formula is C18H17F2N3O2. The predicted octanol–water partition coefficient (Wildman–Crippen LogP) is 4.43. The van der Waals surface area contributed by atoms with Gasteiger partial charge in [-0.05, 0) is 45.0 Å². The molecule has 0 amide bonds. The van der Waals surface area contributed by atoms with Crippen LogP contribution in [0.4, 0.5) is 8.78 Å². The highest BCUT2D eigenvalue weighted by Crippen LogP contribution is 2.37. The Morgan fingerprint density at radius 1 is 1.00 bits per heavy atom. The van der Waals surface area contributed by atoms with E-state index in [4.69, 9.17) is 9.47 Å². The molecule has 1 aromatic carbocycles. The zero-order valence-corrected chi connectivity index (χ0v) is 14.0. The molecule has 3 rings (SSSR count). The molecule has 0 bridgehead atoms. The third-order valence-corrected chi connectivity index (χ3v) is 3.37. The largest absolute Gasteiger partial charge is 0.471 e. The van der Waals surface area contributed by atoms with Crippen LogP contribution in [0.5, 0.6) is 17.4 Å². The number of halogens is 2. The van der Waals surface area contributed by atoms with Crippen LogP contribution in [0.2, 0.25) is 0 Å². The normalized spacial score (nSPS) is 11.0. The fraction of sp³-hybridized carbons (Fsp3) is 0.222. The molecule has 0 saturated carbocycles. The summed E-state index contributed by atoms with van der Waals surface area (Å²) in [7, 11) is 0. The van der Waals surface area contributed by atoms with E-state index in [2.05, 4.69) is 10.1 Å². The summed E-state index contributed by atoms with van der Waals surface area (Å²) in [5.41, 5.74) is 0.511. The molecule has 3 aromatic rings. The van der Waals surface area contributed by atoms with Crippen LogP contribution in [0.25, 0.3) is 5.82 Å². The quantitative estimate of drug-likeness (QED) is 0.686. The maximum absolute atomic E-state index is 13.9. The molecule has 0 radical (unpaired) electrons. The monoisotopic (exact) mass is 345 g/mol. The second-order valence-electron chi connectivity index (χ2n) is 5.64. The predicted molar refractivity (Wildman–Crippen MR) is 88.3 cm³/mol. The van der Waals surface area contributed by atoms with E-state index in [1.165, 1.54) is 10.7 Å². The van der Waals surface area contributed by atoms with Crippen molar-refractivity contribution in [2.45, 2.75) is 26.9 Å². The number of nitrogens with zero attached hydrogens (tertiary/aromatic N) is 3. The van der Waals surface area contributed by atoms with Gasteiger partial charge in [-0.25, -0.2) is 18.4 Å². The molecule has 0 saturated heterocycles. The molecule has 0 aliphatic rings. The van der Waals surface area contributed by atoms with E-state index >= 15 is 0 Å². The van der Waals surface area contributed by atoms with Crippen molar-refractivity contribution in [3.8, 4) is 23.2 Å². The lowest BCUT2D eigenvalue weighted by Crippen LogP contribution is -2.07. The van der Waals surface area contributed by atoms with E-state index in [0.29, 0.717) is 11.5 Å². The standard InChI is InChI=1S/C18H17F2N3O2/c1-11(2)24-18-16(25-17-13(19)7-6-8-14(17)20)12(3)23(22-18)15-9-4-5-10-21-15/h4-11H,1-3H3. The van der Waals surface area contributed by atoms with Crippen LogP contribution in [0.3, 0.4) is 0 Å². The Hall–Kier alpha value is -2.96. The van der Waals surface area contributed by atoms with Gasteiger partial charge < -0.3 is 9.47 Å².